The van der Waals surface area contributed by atoms with Crippen LogP contribution in [0.1, 0.15) is 5.56 Å². The molecular weight excluding hydrogens is 180 g/mol. The minimum atomic E-state index is -0.833. The van der Waals surface area contributed by atoms with Crippen molar-refractivity contribution in [2.24, 2.45) is 7.05 Å². The van der Waals surface area contributed by atoms with E-state index in [1.54, 1.807) is 6.20 Å². The van der Waals surface area contributed by atoms with Crippen LogP contribution in [0.2, 0.25) is 0 Å². The van der Waals surface area contributed by atoms with Crippen molar-refractivity contribution >= 4 is 17.0 Å². The molecular formula is C10H10N2O2. The maximum Gasteiger partial charge on any atom is 0.307 e. The predicted octanol–water partition coefficient (Wildman–Crippen LogP) is 1.20. The van der Waals surface area contributed by atoms with Crippen molar-refractivity contribution in [2.75, 3.05) is 0 Å². The molecule has 72 valence electrons. The molecule has 2 rings (SSSR count). The fraction of sp³-hybridized carbons (Fsp3) is 0.200. The van der Waals surface area contributed by atoms with E-state index >= 15 is 0 Å². The molecule has 0 bridgehead atoms. The van der Waals surface area contributed by atoms with Gasteiger partial charge in [-0.3, -0.25) is 9.78 Å². The van der Waals surface area contributed by atoms with Gasteiger partial charge in [-0.2, -0.15) is 0 Å². The maximum atomic E-state index is 10.5. The van der Waals surface area contributed by atoms with Crippen LogP contribution < -0.4 is 0 Å². The number of aryl methyl sites for hydroxylation is 1. The van der Waals surface area contributed by atoms with Crippen LogP contribution in [0.15, 0.2) is 24.5 Å². The van der Waals surface area contributed by atoms with Gasteiger partial charge in [0, 0.05) is 19.4 Å². The molecule has 0 aliphatic carbocycles. The summed E-state index contributed by atoms with van der Waals surface area (Å²) in [6, 6.07) is 3.76. The van der Waals surface area contributed by atoms with Crippen LogP contribution >= 0.6 is 0 Å². The van der Waals surface area contributed by atoms with Crippen LogP contribution in [0, 0.1) is 0 Å². The average molecular weight is 190 g/mol. The summed E-state index contributed by atoms with van der Waals surface area (Å²) in [7, 11) is 1.91. The number of carboxylic acid groups (broad SMARTS) is 1. The van der Waals surface area contributed by atoms with Crippen molar-refractivity contribution in [1.29, 1.82) is 0 Å². The standard InChI is InChI=1S/C10H10N2O2/c1-12-3-2-8-9(12)4-7(6-11-8)5-10(13)14/h2-4,6H,5H2,1H3,(H,13,14). The highest BCUT2D eigenvalue weighted by atomic mass is 16.4. The van der Waals surface area contributed by atoms with Gasteiger partial charge in [-0.15, -0.1) is 0 Å². The molecule has 14 heavy (non-hydrogen) atoms. The van der Waals surface area contributed by atoms with Gasteiger partial charge in [0.05, 0.1) is 17.5 Å². The van der Waals surface area contributed by atoms with E-state index in [1.165, 1.54) is 0 Å². The van der Waals surface area contributed by atoms with Crippen LogP contribution in [-0.2, 0) is 18.3 Å². The highest BCUT2D eigenvalue weighted by Gasteiger charge is 2.04. The first-order chi connectivity index (χ1) is 6.66. The fourth-order valence-corrected chi connectivity index (χ4v) is 1.45. The second-order valence-electron chi connectivity index (χ2n) is 3.25. The smallest absolute Gasteiger partial charge is 0.307 e. The largest absolute Gasteiger partial charge is 0.481 e. The zero-order valence-corrected chi connectivity index (χ0v) is 7.77. The summed E-state index contributed by atoms with van der Waals surface area (Å²) < 4.78 is 1.92. The topological polar surface area (TPSA) is 55.1 Å². The highest BCUT2D eigenvalue weighted by Crippen LogP contribution is 2.13. The minimum absolute atomic E-state index is 0.0219. The summed E-state index contributed by atoms with van der Waals surface area (Å²) >= 11 is 0. The summed E-state index contributed by atoms with van der Waals surface area (Å²) in [4.78, 5) is 14.7. The van der Waals surface area contributed by atoms with E-state index in [-0.39, 0.29) is 6.42 Å². The van der Waals surface area contributed by atoms with E-state index in [0.29, 0.717) is 0 Å². The number of aliphatic carboxylic acids is 1. The van der Waals surface area contributed by atoms with Crippen LogP contribution in [0.4, 0.5) is 0 Å². The fourth-order valence-electron chi connectivity index (χ4n) is 1.45. The molecule has 4 nitrogen and oxygen atoms in total. The molecule has 0 saturated heterocycles. The van der Waals surface area contributed by atoms with E-state index in [4.69, 9.17) is 5.11 Å². The molecule has 0 aliphatic rings. The molecule has 0 unspecified atom stereocenters. The second kappa shape index (κ2) is 3.14. The van der Waals surface area contributed by atoms with Crippen molar-refractivity contribution < 1.29 is 9.90 Å². The summed E-state index contributed by atoms with van der Waals surface area (Å²) in [5.74, 6) is -0.833. The summed E-state index contributed by atoms with van der Waals surface area (Å²) in [6.45, 7) is 0. The van der Waals surface area contributed by atoms with E-state index < -0.39 is 5.97 Å². The average Bonchev–Trinajstić information content (AvgIpc) is 2.47. The Morgan fingerprint density at radius 2 is 2.43 bits per heavy atom. The van der Waals surface area contributed by atoms with Crippen LogP contribution in [0.3, 0.4) is 0 Å². The predicted molar refractivity (Wildman–Crippen MR) is 52.1 cm³/mol. The second-order valence-corrected chi connectivity index (χ2v) is 3.25. The Balaban J connectivity index is 2.49. The van der Waals surface area contributed by atoms with E-state index in [9.17, 15) is 4.79 Å². The minimum Gasteiger partial charge on any atom is -0.481 e. The van der Waals surface area contributed by atoms with Gasteiger partial charge in [-0.05, 0) is 17.7 Å². The highest BCUT2D eigenvalue weighted by molar-refractivity contribution is 5.78. The Labute approximate surface area is 80.8 Å². The Morgan fingerprint density at radius 1 is 1.64 bits per heavy atom. The summed E-state index contributed by atoms with van der Waals surface area (Å²) in [6.07, 6.45) is 3.53. The van der Waals surface area contributed by atoms with Crippen molar-refractivity contribution in [3.05, 3.63) is 30.1 Å². The van der Waals surface area contributed by atoms with E-state index in [0.717, 1.165) is 16.6 Å². The molecule has 0 amide bonds. The molecule has 2 aromatic rings. The summed E-state index contributed by atoms with van der Waals surface area (Å²) in [5.41, 5.74) is 2.58. The molecule has 0 atom stereocenters. The number of rotatable bonds is 2. The van der Waals surface area contributed by atoms with Gasteiger partial charge in [0.15, 0.2) is 0 Å². The van der Waals surface area contributed by atoms with Gasteiger partial charge in [-0.1, -0.05) is 0 Å². The Kier molecular flexibility index (Phi) is 1.96. The number of carboxylic acids is 1. The van der Waals surface area contributed by atoms with Gasteiger partial charge >= 0.3 is 5.97 Å². The van der Waals surface area contributed by atoms with Crippen LogP contribution in [0.5, 0.6) is 0 Å². The first-order valence-corrected chi connectivity index (χ1v) is 4.28. The third-order valence-corrected chi connectivity index (χ3v) is 2.15. The monoisotopic (exact) mass is 190 g/mol. The Bertz CT molecular complexity index is 488. The lowest BCUT2D eigenvalue weighted by Gasteiger charge is -1.99. The van der Waals surface area contributed by atoms with Gasteiger partial charge in [0.25, 0.3) is 0 Å². The molecule has 4 heteroatoms. The third-order valence-electron chi connectivity index (χ3n) is 2.15. The summed E-state index contributed by atoms with van der Waals surface area (Å²) in [5, 5.41) is 8.62. The number of pyridine rings is 1. The lowest BCUT2D eigenvalue weighted by molar-refractivity contribution is -0.136. The van der Waals surface area contributed by atoms with Gasteiger partial charge in [0.1, 0.15) is 0 Å². The maximum absolute atomic E-state index is 10.5. The zero-order chi connectivity index (χ0) is 10.1. The van der Waals surface area contributed by atoms with E-state index in [2.05, 4.69) is 4.98 Å². The number of nitrogens with zero attached hydrogens (tertiary/aromatic N) is 2. The lowest BCUT2D eigenvalue weighted by atomic mass is 10.2. The molecule has 2 heterocycles. The van der Waals surface area contributed by atoms with Crippen LogP contribution in [0.25, 0.3) is 11.0 Å². The van der Waals surface area contributed by atoms with Gasteiger partial charge in [-0.25, -0.2) is 0 Å². The first-order valence-electron chi connectivity index (χ1n) is 4.28. The quantitative estimate of drug-likeness (QED) is 0.774. The van der Waals surface area contributed by atoms with Gasteiger partial charge < -0.3 is 9.67 Å². The lowest BCUT2D eigenvalue weighted by Crippen LogP contribution is -2.00. The number of hydrogen-bond donors (Lipinski definition) is 1. The zero-order valence-electron chi connectivity index (χ0n) is 7.77. The first kappa shape index (κ1) is 8.74. The van der Waals surface area contributed by atoms with Gasteiger partial charge in [0.2, 0.25) is 0 Å². The number of fused-ring (bicyclic) bond motifs is 1. The number of hydrogen-bond acceptors (Lipinski definition) is 2. The molecule has 2 aromatic heterocycles. The number of carbonyl (C=O) groups is 1. The normalized spacial score (nSPS) is 10.6. The van der Waals surface area contributed by atoms with Crippen molar-refractivity contribution in [1.82, 2.24) is 9.55 Å². The molecule has 0 spiro atoms. The molecule has 0 radical (unpaired) electrons. The molecule has 0 saturated carbocycles. The Morgan fingerprint density at radius 3 is 3.14 bits per heavy atom. The SMILES string of the molecule is Cn1ccc2ncc(CC(=O)O)cc21. The molecule has 1 N–H and O–H groups in total. The third kappa shape index (κ3) is 1.46. The van der Waals surface area contributed by atoms with Crippen molar-refractivity contribution in [3.63, 3.8) is 0 Å². The van der Waals surface area contributed by atoms with Crippen LogP contribution in [-0.4, -0.2) is 20.6 Å². The Hall–Kier alpha value is -1.84. The van der Waals surface area contributed by atoms with E-state index in [1.807, 2.05) is 29.9 Å². The van der Waals surface area contributed by atoms with Crippen molar-refractivity contribution in [2.45, 2.75) is 6.42 Å². The molecule has 0 aromatic carbocycles. The van der Waals surface area contributed by atoms with Crippen molar-refractivity contribution in [3.8, 4) is 0 Å². The molecule has 0 fully saturated rings. The molecule has 0 aliphatic heterocycles. The number of aromatic nitrogens is 2.